The van der Waals surface area contributed by atoms with Gasteiger partial charge in [-0.3, -0.25) is 4.79 Å². The summed E-state index contributed by atoms with van der Waals surface area (Å²) in [6.45, 7) is 3.48. The number of hydrogen-bond donors (Lipinski definition) is 3. The maximum atomic E-state index is 12.0. The van der Waals surface area contributed by atoms with Gasteiger partial charge in [0.05, 0.1) is 24.0 Å². The van der Waals surface area contributed by atoms with Crippen LogP contribution in [0.5, 0.6) is 0 Å². The molecule has 1 amide bonds. The van der Waals surface area contributed by atoms with Crippen LogP contribution in [-0.2, 0) is 0 Å². The van der Waals surface area contributed by atoms with Crippen molar-refractivity contribution in [3.8, 4) is 0 Å². The fourth-order valence-electron chi connectivity index (χ4n) is 2.88. The van der Waals surface area contributed by atoms with Crippen LogP contribution < -0.4 is 16.0 Å². The molecule has 1 aromatic rings. The van der Waals surface area contributed by atoms with Crippen molar-refractivity contribution in [1.29, 1.82) is 0 Å². The number of nitrogens with zero attached hydrogens (tertiary/aromatic N) is 1. The Hall–Kier alpha value is -1.75. The van der Waals surface area contributed by atoms with E-state index in [1.54, 1.807) is 12.1 Å². The molecule has 1 saturated heterocycles. The molecule has 2 rings (SSSR count). The molecule has 5 nitrogen and oxygen atoms in total. The quantitative estimate of drug-likeness (QED) is 0.739. The first-order valence-electron chi connectivity index (χ1n) is 7.72. The van der Waals surface area contributed by atoms with Crippen molar-refractivity contribution in [2.75, 3.05) is 30.3 Å². The third-order valence-electron chi connectivity index (χ3n) is 4.03. The van der Waals surface area contributed by atoms with E-state index < -0.39 is 0 Å². The zero-order valence-electron chi connectivity index (χ0n) is 12.6. The summed E-state index contributed by atoms with van der Waals surface area (Å²) in [5.74, 6) is -0.0888. The number of nitrogens with one attached hydrogen (secondary N) is 1. The van der Waals surface area contributed by atoms with Gasteiger partial charge in [0.1, 0.15) is 0 Å². The standard InChI is InChI=1S/C16H25N3O2/c1-2-18-16(21)12-7-8-14(17)15(10-12)19-9-5-3-4-6-13(19)11-20/h7-8,10,13,20H,2-6,9,11,17H2,1H3,(H,18,21). The average molecular weight is 291 g/mol. The molecular formula is C16H25N3O2. The number of anilines is 2. The Morgan fingerprint density at radius 1 is 1.43 bits per heavy atom. The third-order valence-corrected chi connectivity index (χ3v) is 4.03. The SMILES string of the molecule is CCNC(=O)c1ccc(N)c(N2CCCCCC2CO)c1. The maximum Gasteiger partial charge on any atom is 0.251 e. The Kier molecular flexibility index (Phi) is 5.44. The topological polar surface area (TPSA) is 78.6 Å². The summed E-state index contributed by atoms with van der Waals surface area (Å²) in [5, 5.41) is 12.4. The van der Waals surface area contributed by atoms with E-state index >= 15 is 0 Å². The minimum atomic E-state index is -0.0888. The number of amides is 1. The van der Waals surface area contributed by atoms with Crippen LogP contribution in [0.4, 0.5) is 11.4 Å². The lowest BCUT2D eigenvalue weighted by atomic mass is 10.1. The minimum Gasteiger partial charge on any atom is -0.397 e. The molecule has 0 spiro atoms. The van der Waals surface area contributed by atoms with Crippen molar-refractivity contribution in [2.45, 2.75) is 38.6 Å². The number of hydrogen-bond acceptors (Lipinski definition) is 4. The third kappa shape index (κ3) is 3.67. The van der Waals surface area contributed by atoms with Gasteiger partial charge in [0, 0.05) is 18.7 Å². The minimum absolute atomic E-state index is 0.0827. The second-order valence-electron chi connectivity index (χ2n) is 5.51. The molecule has 1 aliphatic rings. The molecule has 1 aliphatic heterocycles. The van der Waals surface area contributed by atoms with Crippen molar-refractivity contribution < 1.29 is 9.90 Å². The number of benzene rings is 1. The van der Waals surface area contributed by atoms with E-state index in [-0.39, 0.29) is 18.6 Å². The van der Waals surface area contributed by atoms with Crippen LogP contribution in [0.2, 0.25) is 0 Å². The van der Waals surface area contributed by atoms with Gasteiger partial charge in [-0.2, -0.15) is 0 Å². The normalized spacial score (nSPS) is 19.1. The molecule has 0 saturated carbocycles. The van der Waals surface area contributed by atoms with E-state index in [0.717, 1.165) is 31.5 Å². The lowest BCUT2D eigenvalue weighted by molar-refractivity contribution is 0.0956. The second-order valence-corrected chi connectivity index (χ2v) is 5.51. The first kappa shape index (κ1) is 15.6. The van der Waals surface area contributed by atoms with Crippen LogP contribution in [0.3, 0.4) is 0 Å². The molecule has 1 heterocycles. The molecule has 0 aromatic heterocycles. The van der Waals surface area contributed by atoms with Gasteiger partial charge in [0.25, 0.3) is 5.91 Å². The van der Waals surface area contributed by atoms with Gasteiger partial charge in [-0.15, -0.1) is 0 Å². The van der Waals surface area contributed by atoms with Crippen molar-refractivity contribution in [2.24, 2.45) is 0 Å². The largest absolute Gasteiger partial charge is 0.397 e. The maximum absolute atomic E-state index is 12.0. The van der Waals surface area contributed by atoms with Crippen LogP contribution in [0.25, 0.3) is 0 Å². The van der Waals surface area contributed by atoms with Crippen molar-refractivity contribution in [1.82, 2.24) is 5.32 Å². The second kappa shape index (κ2) is 7.31. The lowest BCUT2D eigenvalue weighted by Gasteiger charge is -2.32. The van der Waals surface area contributed by atoms with Gasteiger partial charge in [-0.25, -0.2) is 0 Å². The number of aliphatic hydroxyl groups is 1. The Morgan fingerprint density at radius 3 is 2.95 bits per heavy atom. The number of carbonyl (C=O) groups is 1. The van der Waals surface area contributed by atoms with Crippen molar-refractivity contribution >= 4 is 17.3 Å². The molecule has 116 valence electrons. The molecule has 1 aromatic carbocycles. The summed E-state index contributed by atoms with van der Waals surface area (Å²) in [6.07, 6.45) is 4.34. The van der Waals surface area contributed by atoms with Crippen LogP contribution in [0.1, 0.15) is 43.0 Å². The summed E-state index contributed by atoms with van der Waals surface area (Å²) in [6, 6.07) is 5.45. The van der Waals surface area contributed by atoms with Gasteiger partial charge in [-0.1, -0.05) is 12.8 Å². The molecule has 0 aliphatic carbocycles. The van der Waals surface area contributed by atoms with Crippen LogP contribution in [0.15, 0.2) is 18.2 Å². The zero-order chi connectivity index (χ0) is 15.2. The highest BCUT2D eigenvalue weighted by Crippen LogP contribution is 2.30. The van der Waals surface area contributed by atoms with Crippen molar-refractivity contribution in [3.05, 3.63) is 23.8 Å². The van der Waals surface area contributed by atoms with Gasteiger partial charge < -0.3 is 21.1 Å². The zero-order valence-corrected chi connectivity index (χ0v) is 12.6. The fraction of sp³-hybridized carbons (Fsp3) is 0.562. The predicted octanol–water partition coefficient (Wildman–Crippen LogP) is 1.76. The van der Waals surface area contributed by atoms with Crippen LogP contribution >= 0.6 is 0 Å². The van der Waals surface area contributed by atoms with Crippen molar-refractivity contribution in [3.63, 3.8) is 0 Å². The van der Waals surface area contributed by atoms with E-state index in [9.17, 15) is 9.90 Å². The first-order valence-corrected chi connectivity index (χ1v) is 7.72. The monoisotopic (exact) mass is 291 g/mol. The Labute approximate surface area is 126 Å². The molecule has 1 atom stereocenters. The number of nitrogens with two attached hydrogens (primary N) is 1. The van der Waals surface area contributed by atoms with Gasteiger partial charge in [0.2, 0.25) is 0 Å². The smallest absolute Gasteiger partial charge is 0.251 e. The molecule has 1 unspecified atom stereocenters. The van der Waals surface area contributed by atoms with Crippen LogP contribution in [-0.4, -0.2) is 36.8 Å². The number of rotatable bonds is 4. The number of aliphatic hydroxyl groups excluding tert-OH is 1. The highest BCUT2D eigenvalue weighted by molar-refractivity contribution is 5.96. The summed E-state index contributed by atoms with van der Waals surface area (Å²) in [5.41, 5.74) is 8.24. The molecular weight excluding hydrogens is 266 g/mol. The van der Waals surface area contributed by atoms with E-state index in [2.05, 4.69) is 10.2 Å². The molecule has 0 radical (unpaired) electrons. The molecule has 0 bridgehead atoms. The van der Waals surface area contributed by atoms with E-state index in [1.807, 2.05) is 13.0 Å². The summed E-state index contributed by atoms with van der Waals surface area (Å²) in [7, 11) is 0. The van der Waals surface area contributed by atoms with Gasteiger partial charge >= 0.3 is 0 Å². The molecule has 1 fully saturated rings. The summed E-state index contributed by atoms with van der Waals surface area (Å²) < 4.78 is 0. The fourth-order valence-corrected chi connectivity index (χ4v) is 2.88. The van der Waals surface area contributed by atoms with Gasteiger partial charge in [-0.05, 0) is 38.0 Å². The highest BCUT2D eigenvalue weighted by Gasteiger charge is 2.23. The molecule has 4 N–H and O–H groups in total. The average Bonchev–Trinajstić information content (AvgIpc) is 2.73. The van der Waals surface area contributed by atoms with E-state index in [0.29, 0.717) is 17.8 Å². The Bertz CT molecular complexity index is 490. The Balaban J connectivity index is 2.31. The van der Waals surface area contributed by atoms with Crippen LogP contribution in [0, 0.1) is 0 Å². The molecule has 21 heavy (non-hydrogen) atoms. The summed E-state index contributed by atoms with van der Waals surface area (Å²) in [4.78, 5) is 14.1. The molecule has 5 heteroatoms. The van der Waals surface area contributed by atoms with E-state index in [1.165, 1.54) is 6.42 Å². The first-order chi connectivity index (χ1) is 10.2. The number of carbonyl (C=O) groups excluding carboxylic acids is 1. The predicted molar refractivity (Wildman–Crippen MR) is 85.5 cm³/mol. The lowest BCUT2D eigenvalue weighted by Crippen LogP contribution is -2.38. The Morgan fingerprint density at radius 2 is 2.24 bits per heavy atom. The highest BCUT2D eigenvalue weighted by atomic mass is 16.3. The number of nitrogen functional groups attached to an aromatic ring is 1. The summed E-state index contributed by atoms with van der Waals surface area (Å²) >= 11 is 0. The van der Waals surface area contributed by atoms with Gasteiger partial charge in [0.15, 0.2) is 0 Å². The van der Waals surface area contributed by atoms with E-state index in [4.69, 9.17) is 5.73 Å².